The van der Waals surface area contributed by atoms with Crippen LogP contribution in [0.1, 0.15) is 43.0 Å². The van der Waals surface area contributed by atoms with Gasteiger partial charge in [0.15, 0.2) is 0 Å². The molecule has 0 aliphatic heterocycles. The molecule has 3 aromatic carbocycles. The average molecular weight is 388 g/mol. The Hall–Kier alpha value is -3.07. The van der Waals surface area contributed by atoms with E-state index in [0.717, 1.165) is 28.1 Å². The third-order valence-electron chi connectivity index (χ3n) is 5.23. The van der Waals surface area contributed by atoms with Gasteiger partial charge in [-0.3, -0.25) is 4.99 Å². The number of hydrogen-bond donors (Lipinski definition) is 1. The molecule has 0 amide bonds. The highest BCUT2D eigenvalue weighted by Gasteiger charge is 2.19. The summed E-state index contributed by atoms with van der Waals surface area (Å²) in [4.78, 5) is 4.77. The zero-order chi connectivity index (χ0) is 21.2. The fourth-order valence-electron chi connectivity index (χ4n) is 3.40. The third kappa shape index (κ3) is 4.34. The predicted molar refractivity (Wildman–Crippen MR) is 122 cm³/mol. The van der Waals surface area contributed by atoms with Crippen molar-refractivity contribution in [2.75, 3.05) is 7.11 Å². The Bertz CT molecular complexity index is 1060. The highest BCUT2D eigenvalue weighted by molar-refractivity contribution is 5.90. The lowest BCUT2D eigenvalue weighted by Gasteiger charge is -2.21. The standard InChI is InChI=1S/C26H29NO2/c1-17-14-21(20-11-7-8-13-24(20)29-6)23(15-18(17)2)27-16-19-10-9-12-22(25(19)28)26(3,4)5/h7-16,28H,1-6H3. The summed E-state index contributed by atoms with van der Waals surface area (Å²) in [5.74, 6) is 1.09. The molecule has 0 aromatic heterocycles. The third-order valence-corrected chi connectivity index (χ3v) is 5.23. The van der Waals surface area contributed by atoms with Gasteiger partial charge in [0.1, 0.15) is 11.5 Å². The van der Waals surface area contributed by atoms with Crippen LogP contribution in [0, 0.1) is 13.8 Å². The van der Waals surface area contributed by atoms with Crippen molar-refractivity contribution in [1.82, 2.24) is 0 Å². The van der Waals surface area contributed by atoms with Gasteiger partial charge in [0.05, 0.1) is 12.8 Å². The van der Waals surface area contributed by atoms with Crippen molar-refractivity contribution in [3.8, 4) is 22.6 Å². The molecule has 0 saturated carbocycles. The molecule has 3 aromatic rings. The maximum atomic E-state index is 10.8. The molecule has 0 atom stereocenters. The number of phenols is 1. The van der Waals surface area contributed by atoms with Gasteiger partial charge in [-0.25, -0.2) is 0 Å². The summed E-state index contributed by atoms with van der Waals surface area (Å²) < 4.78 is 5.57. The van der Waals surface area contributed by atoms with E-state index >= 15 is 0 Å². The SMILES string of the molecule is COc1ccccc1-c1cc(C)c(C)cc1N=Cc1cccc(C(C)(C)C)c1O. The van der Waals surface area contributed by atoms with E-state index in [1.807, 2.05) is 42.5 Å². The maximum Gasteiger partial charge on any atom is 0.128 e. The molecule has 150 valence electrons. The first-order valence-corrected chi connectivity index (χ1v) is 9.83. The van der Waals surface area contributed by atoms with Gasteiger partial charge < -0.3 is 9.84 Å². The molecule has 0 bridgehead atoms. The van der Waals surface area contributed by atoms with Crippen LogP contribution in [0.3, 0.4) is 0 Å². The summed E-state index contributed by atoms with van der Waals surface area (Å²) in [5, 5.41) is 10.8. The number of methoxy groups -OCH3 is 1. The van der Waals surface area contributed by atoms with Crippen molar-refractivity contribution in [3.63, 3.8) is 0 Å². The van der Waals surface area contributed by atoms with Gasteiger partial charge in [0.2, 0.25) is 0 Å². The zero-order valence-corrected chi connectivity index (χ0v) is 18.1. The number of nitrogens with zero attached hydrogens (tertiary/aromatic N) is 1. The molecule has 0 spiro atoms. The molecule has 0 heterocycles. The van der Waals surface area contributed by atoms with Crippen LogP contribution in [0.15, 0.2) is 59.6 Å². The molecule has 0 aliphatic carbocycles. The number of aliphatic imine (C=N–C) groups is 1. The van der Waals surface area contributed by atoms with Crippen molar-refractivity contribution >= 4 is 11.9 Å². The summed E-state index contributed by atoms with van der Waals surface area (Å²) in [6.07, 6.45) is 1.74. The molecule has 0 aliphatic rings. The smallest absolute Gasteiger partial charge is 0.128 e. The molecule has 3 rings (SSSR count). The molecular weight excluding hydrogens is 358 g/mol. The molecule has 1 N–H and O–H groups in total. The van der Waals surface area contributed by atoms with E-state index in [2.05, 4.69) is 46.8 Å². The Morgan fingerprint density at radius 1 is 0.897 bits per heavy atom. The number of benzene rings is 3. The van der Waals surface area contributed by atoms with Crippen LogP contribution in [0.25, 0.3) is 11.1 Å². The number of ether oxygens (including phenoxy) is 1. The highest BCUT2D eigenvalue weighted by atomic mass is 16.5. The van der Waals surface area contributed by atoms with Crippen molar-refractivity contribution in [3.05, 3.63) is 76.9 Å². The van der Waals surface area contributed by atoms with Crippen LogP contribution in [-0.2, 0) is 5.41 Å². The van der Waals surface area contributed by atoms with Gasteiger partial charge in [-0.1, -0.05) is 51.1 Å². The second-order valence-corrected chi connectivity index (χ2v) is 8.41. The molecule has 0 unspecified atom stereocenters. The van der Waals surface area contributed by atoms with Gasteiger partial charge >= 0.3 is 0 Å². The Morgan fingerprint density at radius 2 is 1.59 bits per heavy atom. The van der Waals surface area contributed by atoms with Gasteiger partial charge in [-0.15, -0.1) is 0 Å². The number of para-hydroxylation sites is 2. The molecule has 3 heteroatoms. The number of hydrogen-bond acceptors (Lipinski definition) is 3. The maximum absolute atomic E-state index is 10.8. The molecule has 3 nitrogen and oxygen atoms in total. The molecular formula is C26H29NO2. The lowest BCUT2D eigenvalue weighted by molar-refractivity contribution is 0.416. The van der Waals surface area contributed by atoms with Gasteiger partial charge in [-0.2, -0.15) is 0 Å². The van der Waals surface area contributed by atoms with Crippen molar-refractivity contribution in [2.24, 2.45) is 4.99 Å². The monoisotopic (exact) mass is 387 g/mol. The van der Waals surface area contributed by atoms with Crippen LogP contribution in [0.5, 0.6) is 11.5 Å². The van der Waals surface area contributed by atoms with Crippen molar-refractivity contribution in [2.45, 2.75) is 40.0 Å². The fraction of sp³-hybridized carbons (Fsp3) is 0.269. The van der Waals surface area contributed by atoms with Gasteiger partial charge in [0.25, 0.3) is 0 Å². The Labute approximate surface area is 173 Å². The topological polar surface area (TPSA) is 41.8 Å². The lowest BCUT2D eigenvalue weighted by Crippen LogP contribution is -2.11. The normalized spacial score (nSPS) is 11.8. The van der Waals surface area contributed by atoms with Crippen molar-refractivity contribution in [1.29, 1.82) is 0 Å². The zero-order valence-electron chi connectivity index (χ0n) is 18.1. The Morgan fingerprint density at radius 3 is 2.28 bits per heavy atom. The predicted octanol–water partition coefficient (Wildman–Crippen LogP) is 6.73. The first kappa shape index (κ1) is 20.7. The molecule has 0 saturated heterocycles. The number of phenolic OH excluding ortho intramolecular Hbond substituents is 1. The molecule has 0 radical (unpaired) electrons. The minimum Gasteiger partial charge on any atom is -0.507 e. The van der Waals surface area contributed by atoms with E-state index in [1.165, 1.54) is 11.1 Å². The van der Waals surface area contributed by atoms with E-state index in [1.54, 1.807) is 13.3 Å². The second-order valence-electron chi connectivity index (χ2n) is 8.41. The summed E-state index contributed by atoms with van der Waals surface area (Å²) in [5.41, 5.74) is 6.69. The van der Waals surface area contributed by atoms with Crippen LogP contribution in [0.2, 0.25) is 0 Å². The highest BCUT2D eigenvalue weighted by Crippen LogP contribution is 2.38. The Balaban J connectivity index is 2.12. The van der Waals surface area contributed by atoms with Crippen LogP contribution >= 0.6 is 0 Å². The van der Waals surface area contributed by atoms with Crippen LogP contribution in [0.4, 0.5) is 5.69 Å². The second kappa shape index (κ2) is 8.12. The number of rotatable bonds is 4. The van der Waals surface area contributed by atoms with E-state index < -0.39 is 0 Å². The van der Waals surface area contributed by atoms with E-state index in [4.69, 9.17) is 9.73 Å². The first-order valence-electron chi connectivity index (χ1n) is 9.83. The molecule has 29 heavy (non-hydrogen) atoms. The van der Waals surface area contributed by atoms with Crippen LogP contribution < -0.4 is 4.74 Å². The molecule has 0 fully saturated rings. The fourth-order valence-corrected chi connectivity index (χ4v) is 3.40. The quantitative estimate of drug-likeness (QED) is 0.504. The number of aromatic hydroxyl groups is 1. The van der Waals surface area contributed by atoms with Gasteiger partial charge in [0, 0.05) is 22.9 Å². The van der Waals surface area contributed by atoms with E-state index in [0.29, 0.717) is 5.56 Å². The van der Waals surface area contributed by atoms with Crippen molar-refractivity contribution < 1.29 is 9.84 Å². The van der Waals surface area contributed by atoms with E-state index in [9.17, 15) is 5.11 Å². The average Bonchev–Trinajstić information content (AvgIpc) is 2.68. The summed E-state index contributed by atoms with van der Waals surface area (Å²) in [7, 11) is 1.68. The van der Waals surface area contributed by atoms with E-state index in [-0.39, 0.29) is 11.2 Å². The minimum absolute atomic E-state index is 0.142. The van der Waals surface area contributed by atoms with Gasteiger partial charge in [-0.05, 0) is 60.2 Å². The summed E-state index contributed by atoms with van der Waals surface area (Å²) >= 11 is 0. The number of aryl methyl sites for hydroxylation is 2. The Kier molecular flexibility index (Phi) is 5.78. The minimum atomic E-state index is -0.142. The summed E-state index contributed by atoms with van der Waals surface area (Å²) in [6, 6.07) is 18.0. The lowest BCUT2D eigenvalue weighted by atomic mass is 9.85. The largest absolute Gasteiger partial charge is 0.507 e. The van der Waals surface area contributed by atoms with Crippen LogP contribution in [-0.4, -0.2) is 18.4 Å². The first-order chi connectivity index (χ1) is 13.7. The summed E-state index contributed by atoms with van der Waals surface area (Å²) in [6.45, 7) is 10.4.